The first kappa shape index (κ1) is 17.0. The van der Waals surface area contributed by atoms with Gasteiger partial charge in [-0.1, -0.05) is 23.7 Å². The summed E-state index contributed by atoms with van der Waals surface area (Å²) in [5.41, 5.74) is -1.49. The van der Waals surface area contributed by atoms with Crippen LogP contribution in [0.25, 0.3) is 0 Å². The Bertz CT molecular complexity index is 587. The lowest BCUT2D eigenvalue weighted by Gasteiger charge is -2.18. The summed E-state index contributed by atoms with van der Waals surface area (Å²) in [5.74, 6) is -2.76. The van der Waals surface area contributed by atoms with Gasteiger partial charge in [0, 0.05) is 0 Å². The van der Waals surface area contributed by atoms with E-state index in [1.54, 1.807) is 0 Å². The summed E-state index contributed by atoms with van der Waals surface area (Å²) in [6.45, 7) is 0.661. The van der Waals surface area contributed by atoms with Gasteiger partial charge in [0.1, 0.15) is 5.71 Å². The molecule has 114 valence electrons. The van der Waals surface area contributed by atoms with Crippen LogP contribution < -0.4 is 5.01 Å². The van der Waals surface area contributed by atoms with Crippen LogP contribution in [0.5, 0.6) is 0 Å². The van der Waals surface area contributed by atoms with E-state index in [9.17, 15) is 22.8 Å². The molecule has 0 saturated heterocycles. The number of anilines is 1. The fraction of sp³-hybridized carbons (Fsp3) is 0.250. The van der Waals surface area contributed by atoms with Gasteiger partial charge in [-0.25, -0.2) is 4.79 Å². The number of halogens is 4. The van der Waals surface area contributed by atoms with Gasteiger partial charge >= 0.3 is 18.1 Å². The summed E-state index contributed by atoms with van der Waals surface area (Å²) < 4.78 is 41.9. The quantitative estimate of drug-likeness (QED) is 0.364. The maximum Gasteiger partial charge on any atom is 0.430 e. The number of amides is 1. The molecular weight excluding hydrogens is 313 g/mol. The molecule has 0 spiro atoms. The lowest BCUT2D eigenvalue weighted by atomic mass is 10.3. The van der Waals surface area contributed by atoms with E-state index in [0.717, 1.165) is 7.11 Å². The van der Waals surface area contributed by atoms with Crippen molar-refractivity contribution in [2.75, 3.05) is 12.1 Å². The Morgan fingerprint density at radius 3 is 2.33 bits per heavy atom. The van der Waals surface area contributed by atoms with Crippen molar-refractivity contribution < 1.29 is 27.5 Å². The van der Waals surface area contributed by atoms with Gasteiger partial charge in [0.15, 0.2) is 0 Å². The Kier molecular flexibility index (Phi) is 5.31. The molecule has 0 saturated carbocycles. The zero-order valence-electron chi connectivity index (χ0n) is 10.9. The first-order valence-electron chi connectivity index (χ1n) is 5.47. The zero-order valence-corrected chi connectivity index (χ0v) is 11.7. The summed E-state index contributed by atoms with van der Waals surface area (Å²) in [4.78, 5) is 23.1. The highest BCUT2D eigenvalue weighted by molar-refractivity contribution is 6.40. The van der Waals surface area contributed by atoms with Crippen LogP contribution in [0, 0.1) is 0 Å². The van der Waals surface area contributed by atoms with Gasteiger partial charge in [-0.2, -0.15) is 23.3 Å². The van der Waals surface area contributed by atoms with Crippen molar-refractivity contribution in [1.29, 1.82) is 0 Å². The molecule has 0 bridgehead atoms. The molecule has 0 fully saturated rings. The molecule has 0 atom stereocenters. The minimum atomic E-state index is -4.75. The Morgan fingerprint density at radius 1 is 1.29 bits per heavy atom. The van der Waals surface area contributed by atoms with Crippen LogP contribution in [0.15, 0.2) is 29.4 Å². The molecule has 0 aliphatic carbocycles. The summed E-state index contributed by atoms with van der Waals surface area (Å²) in [6, 6.07) is 5.52. The number of benzene rings is 1. The Hall–Kier alpha value is -2.09. The molecular formula is C12H10ClF3N2O3. The largest absolute Gasteiger partial charge is 0.462 e. The number of para-hydroxylation sites is 1. The van der Waals surface area contributed by atoms with Crippen molar-refractivity contribution in [3.05, 3.63) is 29.3 Å². The van der Waals surface area contributed by atoms with Crippen LogP contribution in [-0.2, 0) is 14.3 Å². The third-order valence-electron chi connectivity index (χ3n) is 2.29. The highest BCUT2D eigenvalue weighted by atomic mass is 35.5. The van der Waals surface area contributed by atoms with Crippen molar-refractivity contribution in [1.82, 2.24) is 0 Å². The number of carbonyl (C=O) groups is 2. The van der Waals surface area contributed by atoms with Crippen LogP contribution >= 0.6 is 11.6 Å². The minimum Gasteiger partial charge on any atom is -0.462 e. The number of rotatable bonds is 2. The second-order valence-electron chi connectivity index (χ2n) is 3.74. The van der Waals surface area contributed by atoms with E-state index in [1.807, 2.05) is 0 Å². The van der Waals surface area contributed by atoms with E-state index in [0.29, 0.717) is 6.92 Å². The molecule has 1 aromatic rings. The van der Waals surface area contributed by atoms with Crippen LogP contribution in [-0.4, -0.2) is 30.9 Å². The van der Waals surface area contributed by atoms with Gasteiger partial charge in [0.25, 0.3) is 0 Å². The molecule has 5 nitrogen and oxygen atoms in total. The topological polar surface area (TPSA) is 59.0 Å². The highest BCUT2D eigenvalue weighted by Gasteiger charge is 2.35. The fourth-order valence-corrected chi connectivity index (χ4v) is 1.43. The van der Waals surface area contributed by atoms with E-state index >= 15 is 0 Å². The van der Waals surface area contributed by atoms with E-state index < -0.39 is 23.8 Å². The zero-order chi connectivity index (χ0) is 16.2. The van der Waals surface area contributed by atoms with Gasteiger partial charge < -0.3 is 4.74 Å². The average molecular weight is 323 g/mol. The maximum absolute atomic E-state index is 12.6. The number of methoxy groups -OCH3 is 1. The lowest BCUT2D eigenvalue weighted by Crippen LogP contribution is -2.36. The van der Waals surface area contributed by atoms with Crippen LogP contribution in [0.4, 0.5) is 18.9 Å². The third kappa shape index (κ3) is 4.19. The fourth-order valence-electron chi connectivity index (χ4n) is 1.21. The number of hydrazone groups is 1. The molecule has 0 unspecified atom stereocenters. The lowest BCUT2D eigenvalue weighted by molar-refractivity contribution is -0.151. The summed E-state index contributed by atoms with van der Waals surface area (Å²) >= 11 is 5.81. The number of alkyl halides is 3. The first-order chi connectivity index (χ1) is 9.68. The second-order valence-corrected chi connectivity index (χ2v) is 4.15. The molecule has 21 heavy (non-hydrogen) atoms. The predicted octanol–water partition coefficient (Wildman–Crippen LogP) is 2.78. The third-order valence-corrected chi connectivity index (χ3v) is 2.61. The van der Waals surface area contributed by atoms with E-state index in [-0.39, 0.29) is 15.7 Å². The Labute approximate surface area is 122 Å². The van der Waals surface area contributed by atoms with E-state index in [1.165, 1.54) is 24.3 Å². The molecule has 1 aromatic carbocycles. The molecule has 0 aromatic heterocycles. The average Bonchev–Trinajstić information content (AvgIpc) is 2.42. The standard InChI is InChI=1S/C12H10ClF3N2O3/c1-7(12(14,15)16)17-18(10(19)11(20)21-2)9-6-4-3-5-8(9)13/h3-6H,1-2H3. The number of ether oxygens (including phenoxy) is 1. The van der Waals surface area contributed by atoms with Gasteiger partial charge in [-0.3, -0.25) is 4.79 Å². The number of nitrogens with zero attached hydrogens (tertiary/aromatic N) is 2. The molecule has 0 heterocycles. The van der Waals surface area contributed by atoms with E-state index in [4.69, 9.17) is 11.6 Å². The van der Waals surface area contributed by atoms with Gasteiger partial charge in [-0.15, -0.1) is 0 Å². The van der Waals surface area contributed by atoms with Crippen molar-refractivity contribution in [3.8, 4) is 0 Å². The maximum atomic E-state index is 12.6. The summed E-state index contributed by atoms with van der Waals surface area (Å²) in [6.07, 6.45) is -4.75. The van der Waals surface area contributed by atoms with Crippen LogP contribution in [0.2, 0.25) is 5.02 Å². The van der Waals surface area contributed by atoms with Gasteiger partial charge in [0.05, 0.1) is 17.8 Å². The van der Waals surface area contributed by atoms with E-state index in [2.05, 4.69) is 9.84 Å². The number of carbonyl (C=O) groups excluding carboxylic acids is 2. The summed E-state index contributed by atoms with van der Waals surface area (Å²) in [7, 11) is 0.922. The number of hydrogen-bond donors (Lipinski definition) is 0. The molecule has 0 N–H and O–H groups in total. The van der Waals surface area contributed by atoms with Gasteiger partial charge in [-0.05, 0) is 19.1 Å². The normalized spacial score (nSPS) is 12.0. The number of hydrogen-bond acceptors (Lipinski definition) is 4. The predicted molar refractivity (Wildman–Crippen MR) is 70.1 cm³/mol. The second kappa shape index (κ2) is 6.57. The molecule has 0 radical (unpaired) electrons. The smallest absolute Gasteiger partial charge is 0.430 e. The molecule has 0 aliphatic heterocycles. The van der Waals surface area contributed by atoms with Crippen molar-refractivity contribution >= 4 is 34.9 Å². The summed E-state index contributed by atoms with van der Waals surface area (Å²) in [5, 5.41) is 3.35. The first-order valence-corrected chi connectivity index (χ1v) is 5.85. The number of esters is 1. The van der Waals surface area contributed by atoms with Crippen LogP contribution in [0.3, 0.4) is 0 Å². The monoisotopic (exact) mass is 322 g/mol. The van der Waals surface area contributed by atoms with Crippen LogP contribution in [0.1, 0.15) is 6.92 Å². The van der Waals surface area contributed by atoms with Crippen molar-refractivity contribution in [2.24, 2.45) is 5.10 Å². The van der Waals surface area contributed by atoms with Crippen molar-refractivity contribution in [2.45, 2.75) is 13.1 Å². The Balaban J connectivity index is 3.35. The molecule has 9 heteroatoms. The molecule has 1 amide bonds. The van der Waals surface area contributed by atoms with Gasteiger partial charge in [0.2, 0.25) is 0 Å². The van der Waals surface area contributed by atoms with Crippen molar-refractivity contribution in [3.63, 3.8) is 0 Å². The molecule has 0 aliphatic rings. The Morgan fingerprint density at radius 2 is 1.86 bits per heavy atom. The highest BCUT2D eigenvalue weighted by Crippen LogP contribution is 2.27. The molecule has 1 rings (SSSR count). The minimum absolute atomic E-state index is 0.0477. The SMILES string of the molecule is COC(=O)C(=O)N(N=C(C)C(F)(F)F)c1ccccc1Cl.